The molecule has 2 N–H and O–H groups in total. The van der Waals surface area contributed by atoms with E-state index in [0.717, 1.165) is 10.2 Å². The molecule has 0 fully saturated rings. The van der Waals surface area contributed by atoms with Gasteiger partial charge in [0, 0.05) is 23.2 Å². The third kappa shape index (κ3) is 4.38. The Bertz CT molecular complexity index is 1150. The lowest BCUT2D eigenvalue weighted by atomic mass is 9.97. The molecule has 0 saturated carbocycles. The number of hydrogen-bond acceptors (Lipinski definition) is 4. The van der Waals surface area contributed by atoms with Crippen LogP contribution in [0.2, 0.25) is 5.02 Å². The highest BCUT2D eigenvalue weighted by Gasteiger charge is 2.46. The summed E-state index contributed by atoms with van der Waals surface area (Å²) in [7, 11) is 1.52. The van der Waals surface area contributed by atoms with Gasteiger partial charge in [0.25, 0.3) is 5.91 Å². The Balaban J connectivity index is 1.62. The molecular formula is C22H20ClF3N4O2. The largest absolute Gasteiger partial charge is 0.497 e. The summed E-state index contributed by atoms with van der Waals surface area (Å²) in [5, 5.41) is 10.1. The van der Waals surface area contributed by atoms with Gasteiger partial charge in [0.15, 0.2) is 11.7 Å². The van der Waals surface area contributed by atoms with Gasteiger partial charge in [0.05, 0.1) is 13.2 Å². The zero-order valence-corrected chi connectivity index (χ0v) is 18.0. The van der Waals surface area contributed by atoms with Crippen LogP contribution < -0.4 is 15.4 Å². The van der Waals surface area contributed by atoms with Crippen LogP contribution in [-0.4, -0.2) is 29.0 Å². The number of ether oxygens (including phenoxy) is 1. The maximum Gasteiger partial charge on any atom is 0.410 e. The van der Waals surface area contributed by atoms with Crippen molar-refractivity contribution < 1.29 is 22.7 Å². The monoisotopic (exact) mass is 464 g/mol. The Labute approximate surface area is 187 Å². The van der Waals surface area contributed by atoms with E-state index in [1.807, 2.05) is 6.92 Å². The number of nitrogens with zero attached hydrogens (tertiary/aromatic N) is 2. The highest BCUT2D eigenvalue weighted by molar-refractivity contribution is 6.31. The minimum absolute atomic E-state index is 0.117. The molecule has 0 aliphatic carbocycles. The molecule has 6 nitrogen and oxygen atoms in total. The first-order chi connectivity index (χ1) is 15.2. The Morgan fingerprint density at radius 3 is 2.56 bits per heavy atom. The number of hydrogen-bond donors (Lipinski definition) is 2. The van der Waals surface area contributed by atoms with Crippen molar-refractivity contribution in [1.29, 1.82) is 0 Å². The van der Waals surface area contributed by atoms with Crippen molar-refractivity contribution in [3.05, 3.63) is 70.4 Å². The molecule has 1 aliphatic heterocycles. The van der Waals surface area contributed by atoms with Crippen LogP contribution in [0.1, 0.15) is 40.1 Å². The van der Waals surface area contributed by atoms with Crippen LogP contribution in [0.15, 0.2) is 48.5 Å². The second-order valence-corrected chi connectivity index (χ2v) is 7.95. The van der Waals surface area contributed by atoms with Crippen molar-refractivity contribution in [2.45, 2.75) is 31.6 Å². The van der Waals surface area contributed by atoms with Gasteiger partial charge in [-0.2, -0.15) is 18.3 Å². The number of aryl methyl sites for hydroxylation is 1. The molecule has 2 heterocycles. The van der Waals surface area contributed by atoms with E-state index in [-0.39, 0.29) is 17.9 Å². The second-order valence-electron chi connectivity index (χ2n) is 7.54. The van der Waals surface area contributed by atoms with Crippen molar-refractivity contribution in [1.82, 2.24) is 9.78 Å². The first kappa shape index (κ1) is 22.0. The normalized spacial score (nSPS) is 17.9. The number of carbonyl (C=O) groups excluding carboxylic acids is 1. The van der Waals surface area contributed by atoms with Gasteiger partial charge < -0.3 is 15.4 Å². The van der Waals surface area contributed by atoms with Crippen molar-refractivity contribution in [2.75, 3.05) is 17.7 Å². The standard InChI is InChI=1S/C22H20ClF3N4O2/c1-12-3-6-14(9-16(12)23)27-21(31)18-11-20-28-17(13-4-7-15(32-2)8-5-13)10-19(22(24,25)26)30(20)29-18/h3-9,11,17,19,28H,10H2,1-2H3,(H,27,31). The van der Waals surface area contributed by atoms with Gasteiger partial charge in [0.2, 0.25) is 0 Å². The molecule has 0 radical (unpaired) electrons. The van der Waals surface area contributed by atoms with E-state index in [0.29, 0.717) is 22.0 Å². The van der Waals surface area contributed by atoms with Gasteiger partial charge in [0.1, 0.15) is 11.6 Å². The van der Waals surface area contributed by atoms with Crippen LogP contribution in [0.4, 0.5) is 24.7 Å². The summed E-state index contributed by atoms with van der Waals surface area (Å²) in [5.74, 6) is 0.0964. The van der Waals surface area contributed by atoms with Crippen molar-refractivity contribution in [2.24, 2.45) is 0 Å². The number of anilines is 2. The van der Waals surface area contributed by atoms with Crippen LogP contribution in [0.3, 0.4) is 0 Å². The number of fused-ring (bicyclic) bond motifs is 1. The predicted molar refractivity (Wildman–Crippen MR) is 115 cm³/mol. The van der Waals surface area contributed by atoms with Crippen LogP contribution in [-0.2, 0) is 0 Å². The van der Waals surface area contributed by atoms with E-state index >= 15 is 0 Å². The number of rotatable bonds is 4. The zero-order valence-electron chi connectivity index (χ0n) is 17.2. The molecule has 4 rings (SSSR count). The first-order valence-corrected chi connectivity index (χ1v) is 10.2. The Kier molecular flexibility index (Phi) is 5.77. The number of alkyl halides is 3. The number of benzene rings is 2. The summed E-state index contributed by atoms with van der Waals surface area (Å²) >= 11 is 6.07. The highest BCUT2D eigenvalue weighted by Crippen LogP contribution is 2.43. The molecule has 1 aliphatic rings. The summed E-state index contributed by atoms with van der Waals surface area (Å²) in [6, 6.07) is 10.6. The summed E-state index contributed by atoms with van der Waals surface area (Å²) in [5.41, 5.74) is 1.80. The Hall–Kier alpha value is -3.20. The molecular weight excluding hydrogens is 445 g/mol. The highest BCUT2D eigenvalue weighted by atomic mass is 35.5. The van der Waals surface area contributed by atoms with E-state index in [1.54, 1.807) is 42.5 Å². The van der Waals surface area contributed by atoms with Gasteiger partial charge in [-0.1, -0.05) is 29.8 Å². The number of carbonyl (C=O) groups is 1. The summed E-state index contributed by atoms with van der Waals surface area (Å²) < 4.78 is 47.5. The molecule has 2 aromatic carbocycles. The average Bonchev–Trinajstić information content (AvgIpc) is 3.19. The number of methoxy groups -OCH3 is 1. The zero-order chi connectivity index (χ0) is 23.0. The van der Waals surface area contributed by atoms with E-state index in [2.05, 4.69) is 15.7 Å². The molecule has 3 aromatic rings. The molecule has 0 saturated heterocycles. The number of nitrogens with one attached hydrogen (secondary N) is 2. The second kappa shape index (κ2) is 8.38. The maximum absolute atomic E-state index is 13.8. The fourth-order valence-electron chi connectivity index (χ4n) is 3.60. The number of amides is 1. The third-order valence-electron chi connectivity index (χ3n) is 5.37. The van der Waals surface area contributed by atoms with Crippen molar-refractivity contribution in [3.63, 3.8) is 0 Å². The van der Waals surface area contributed by atoms with Crippen molar-refractivity contribution >= 4 is 29.0 Å². The van der Waals surface area contributed by atoms with Gasteiger partial charge >= 0.3 is 6.18 Å². The Morgan fingerprint density at radius 1 is 1.22 bits per heavy atom. The van der Waals surface area contributed by atoms with Gasteiger partial charge in [-0.15, -0.1) is 0 Å². The lowest BCUT2D eigenvalue weighted by molar-refractivity contribution is -0.173. The molecule has 2 unspecified atom stereocenters. The van der Waals surface area contributed by atoms with E-state index in [9.17, 15) is 18.0 Å². The molecule has 32 heavy (non-hydrogen) atoms. The topological polar surface area (TPSA) is 68.2 Å². The van der Waals surface area contributed by atoms with Crippen LogP contribution in [0, 0.1) is 6.92 Å². The molecule has 0 spiro atoms. The fourth-order valence-corrected chi connectivity index (χ4v) is 3.79. The number of aromatic nitrogens is 2. The smallest absolute Gasteiger partial charge is 0.410 e. The number of halogens is 4. The van der Waals surface area contributed by atoms with E-state index < -0.39 is 24.2 Å². The first-order valence-electron chi connectivity index (χ1n) is 9.80. The lowest BCUT2D eigenvalue weighted by Crippen LogP contribution is -2.35. The van der Waals surface area contributed by atoms with Crippen LogP contribution in [0.25, 0.3) is 0 Å². The predicted octanol–water partition coefficient (Wildman–Crippen LogP) is 5.77. The average molecular weight is 465 g/mol. The maximum atomic E-state index is 13.8. The van der Waals surface area contributed by atoms with Crippen molar-refractivity contribution in [3.8, 4) is 5.75 Å². The van der Waals surface area contributed by atoms with Gasteiger partial charge in [-0.25, -0.2) is 4.68 Å². The summed E-state index contributed by atoms with van der Waals surface area (Å²) in [6.45, 7) is 1.82. The molecule has 1 amide bonds. The molecule has 1 aromatic heterocycles. The molecule has 10 heteroatoms. The molecule has 168 valence electrons. The Morgan fingerprint density at radius 2 is 1.94 bits per heavy atom. The lowest BCUT2D eigenvalue weighted by Gasteiger charge is -2.33. The third-order valence-corrected chi connectivity index (χ3v) is 5.78. The minimum atomic E-state index is -4.54. The van der Waals surface area contributed by atoms with Crippen LogP contribution in [0.5, 0.6) is 5.75 Å². The minimum Gasteiger partial charge on any atom is -0.497 e. The van der Waals surface area contributed by atoms with Gasteiger partial charge in [-0.3, -0.25) is 4.79 Å². The van der Waals surface area contributed by atoms with Crippen LogP contribution >= 0.6 is 11.6 Å². The molecule has 0 bridgehead atoms. The van der Waals surface area contributed by atoms with E-state index in [1.165, 1.54) is 13.2 Å². The van der Waals surface area contributed by atoms with Gasteiger partial charge in [-0.05, 0) is 42.3 Å². The quantitative estimate of drug-likeness (QED) is 0.514. The summed E-state index contributed by atoms with van der Waals surface area (Å²) in [6.07, 6.45) is -4.80. The fraction of sp³-hybridized carbons (Fsp3) is 0.273. The van der Waals surface area contributed by atoms with E-state index in [4.69, 9.17) is 16.3 Å². The summed E-state index contributed by atoms with van der Waals surface area (Å²) in [4.78, 5) is 12.7. The molecule has 2 atom stereocenters. The SMILES string of the molecule is COc1ccc(C2CC(C(F)(F)F)n3nc(C(=O)Nc4ccc(C)c(Cl)c4)cc3N2)cc1.